The first kappa shape index (κ1) is 14.9. The zero-order chi connectivity index (χ0) is 15.8. The molecular weight excluding hydrogens is 308 g/mol. The summed E-state index contributed by atoms with van der Waals surface area (Å²) < 4.78 is 1.96. The molecule has 4 rings (SSSR count). The van der Waals surface area contributed by atoms with Crippen LogP contribution in [0.3, 0.4) is 0 Å². The third-order valence-electron chi connectivity index (χ3n) is 4.72. The lowest BCUT2D eigenvalue weighted by molar-refractivity contribution is 0.0578. The molecule has 0 radical (unpaired) electrons. The summed E-state index contributed by atoms with van der Waals surface area (Å²) in [5.74, 6) is 0.715. The third-order valence-corrected chi connectivity index (χ3v) is 5.72. The Morgan fingerprint density at radius 3 is 2.96 bits per heavy atom. The predicted octanol–water partition coefficient (Wildman–Crippen LogP) is 3.22. The Morgan fingerprint density at radius 2 is 2.22 bits per heavy atom. The molecule has 1 saturated heterocycles. The fraction of sp³-hybridized carbons (Fsp3) is 0.588. The normalized spacial score (nSPS) is 21.6. The van der Waals surface area contributed by atoms with Crippen LogP contribution < -0.4 is 0 Å². The van der Waals surface area contributed by atoms with Crippen LogP contribution in [0.25, 0.3) is 0 Å². The number of amides is 1. The van der Waals surface area contributed by atoms with Crippen molar-refractivity contribution in [2.45, 2.75) is 57.5 Å². The maximum absolute atomic E-state index is 12.9. The van der Waals surface area contributed by atoms with Crippen molar-refractivity contribution in [3.63, 3.8) is 0 Å². The highest BCUT2D eigenvalue weighted by Crippen LogP contribution is 2.41. The fourth-order valence-electron chi connectivity index (χ4n) is 3.29. The van der Waals surface area contributed by atoms with E-state index in [4.69, 9.17) is 0 Å². The van der Waals surface area contributed by atoms with Gasteiger partial charge in [-0.2, -0.15) is 5.10 Å². The SMILES string of the molecule is Cc1cnn(C[C@H]2CCCCN2C(=O)c2csc(C3CC3)n2)c1. The van der Waals surface area contributed by atoms with Crippen molar-refractivity contribution in [3.05, 3.63) is 34.0 Å². The van der Waals surface area contributed by atoms with Crippen molar-refractivity contribution < 1.29 is 4.79 Å². The Labute approximate surface area is 140 Å². The highest BCUT2D eigenvalue weighted by molar-refractivity contribution is 7.10. The van der Waals surface area contributed by atoms with Gasteiger partial charge >= 0.3 is 0 Å². The van der Waals surface area contributed by atoms with Gasteiger partial charge in [0.1, 0.15) is 5.69 Å². The molecular formula is C17H22N4OS. The Kier molecular flexibility index (Phi) is 3.93. The van der Waals surface area contributed by atoms with Crippen molar-refractivity contribution in [2.75, 3.05) is 6.54 Å². The van der Waals surface area contributed by atoms with E-state index in [2.05, 4.69) is 10.1 Å². The molecule has 122 valence electrons. The molecule has 23 heavy (non-hydrogen) atoms. The van der Waals surface area contributed by atoms with E-state index in [0.717, 1.165) is 36.5 Å². The second-order valence-corrected chi connectivity index (χ2v) is 7.62. The van der Waals surface area contributed by atoms with Gasteiger partial charge in [0.2, 0.25) is 0 Å². The molecule has 0 bridgehead atoms. The maximum Gasteiger partial charge on any atom is 0.273 e. The van der Waals surface area contributed by atoms with Gasteiger partial charge in [-0.05, 0) is 44.6 Å². The Balaban J connectivity index is 1.50. The molecule has 2 aromatic rings. The first-order valence-corrected chi connectivity index (χ1v) is 9.34. The number of hydrogen-bond donors (Lipinski definition) is 0. The van der Waals surface area contributed by atoms with Crippen LogP contribution in [0.4, 0.5) is 0 Å². The number of piperidine rings is 1. The molecule has 1 amide bonds. The third kappa shape index (κ3) is 3.17. The zero-order valence-electron chi connectivity index (χ0n) is 13.4. The van der Waals surface area contributed by atoms with Crippen LogP contribution in [-0.2, 0) is 6.54 Å². The van der Waals surface area contributed by atoms with Gasteiger partial charge in [0, 0.05) is 24.0 Å². The van der Waals surface area contributed by atoms with Crippen LogP contribution in [0.1, 0.15) is 59.1 Å². The van der Waals surface area contributed by atoms with Crippen LogP contribution in [-0.4, -0.2) is 38.2 Å². The summed E-state index contributed by atoms with van der Waals surface area (Å²) >= 11 is 1.64. The second kappa shape index (κ2) is 6.07. The van der Waals surface area contributed by atoms with Crippen molar-refractivity contribution in [2.24, 2.45) is 0 Å². The van der Waals surface area contributed by atoms with Gasteiger partial charge in [-0.1, -0.05) is 0 Å². The Hall–Kier alpha value is -1.69. The maximum atomic E-state index is 12.9. The number of aromatic nitrogens is 3. The molecule has 1 aliphatic heterocycles. The quantitative estimate of drug-likeness (QED) is 0.865. The highest BCUT2D eigenvalue weighted by Gasteiger charge is 2.31. The first-order chi connectivity index (χ1) is 11.2. The van der Waals surface area contributed by atoms with E-state index in [1.165, 1.54) is 19.3 Å². The molecule has 5 nitrogen and oxygen atoms in total. The van der Waals surface area contributed by atoms with E-state index in [1.54, 1.807) is 11.3 Å². The van der Waals surface area contributed by atoms with Crippen LogP contribution in [0.2, 0.25) is 0 Å². The molecule has 1 aliphatic carbocycles. The first-order valence-electron chi connectivity index (χ1n) is 8.46. The van der Waals surface area contributed by atoms with E-state index < -0.39 is 0 Å². The lowest BCUT2D eigenvalue weighted by Crippen LogP contribution is -2.46. The smallest absolute Gasteiger partial charge is 0.273 e. The van der Waals surface area contributed by atoms with Crippen molar-refractivity contribution in [3.8, 4) is 0 Å². The molecule has 3 heterocycles. The minimum Gasteiger partial charge on any atom is -0.332 e. The predicted molar refractivity (Wildman–Crippen MR) is 89.7 cm³/mol. The molecule has 6 heteroatoms. The molecule has 0 spiro atoms. The van der Waals surface area contributed by atoms with E-state index in [9.17, 15) is 4.79 Å². The van der Waals surface area contributed by atoms with Crippen LogP contribution in [0.15, 0.2) is 17.8 Å². The molecule has 2 aliphatic rings. The molecule has 2 fully saturated rings. The Bertz CT molecular complexity index is 703. The molecule has 2 aromatic heterocycles. The standard InChI is InChI=1S/C17H22N4OS/c1-12-8-18-20(9-12)10-14-4-2-3-7-21(14)17(22)15-11-23-16(19-15)13-5-6-13/h8-9,11,13-14H,2-7,10H2,1H3/t14-/m1/s1. The average Bonchev–Trinajstić information content (AvgIpc) is 3.15. The lowest BCUT2D eigenvalue weighted by Gasteiger charge is -2.35. The molecule has 1 saturated carbocycles. The number of thiazole rings is 1. The summed E-state index contributed by atoms with van der Waals surface area (Å²) in [5.41, 5.74) is 1.80. The number of carbonyl (C=O) groups excluding carboxylic acids is 1. The van der Waals surface area contributed by atoms with Crippen LogP contribution in [0.5, 0.6) is 0 Å². The summed E-state index contributed by atoms with van der Waals surface area (Å²) in [6, 6.07) is 0.224. The summed E-state index contributed by atoms with van der Waals surface area (Å²) in [4.78, 5) is 19.5. The van der Waals surface area contributed by atoms with Crippen molar-refractivity contribution in [1.29, 1.82) is 0 Å². The molecule has 0 aromatic carbocycles. The number of likely N-dealkylation sites (tertiary alicyclic amines) is 1. The largest absolute Gasteiger partial charge is 0.332 e. The minimum absolute atomic E-state index is 0.0988. The number of carbonyl (C=O) groups is 1. The van der Waals surface area contributed by atoms with Gasteiger partial charge < -0.3 is 4.90 Å². The fourth-order valence-corrected chi connectivity index (χ4v) is 4.26. The second-order valence-electron chi connectivity index (χ2n) is 6.73. The highest BCUT2D eigenvalue weighted by atomic mass is 32.1. The van der Waals surface area contributed by atoms with Gasteiger partial charge in [0.25, 0.3) is 5.91 Å². The van der Waals surface area contributed by atoms with Crippen LogP contribution in [0, 0.1) is 6.92 Å². The lowest BCUT2D eigenvalue weighted by atomic mass is 10.0. The van der Waals surface area contributed by atoms with Gasteiger partial charge in [0.15, 0.2) is 0 Å². The van der Waals surface area contributed by atoms with Gasteiger partial charge in [0.05, 0.1) is 23.8 Å². The van der Waals surface area contributed by atoms with E-state index in [-0.39, 0.29) is 11.9 Å². The summed E-state index contributed by atoms with van der Waals surface area (Å²) in [5, 5.41) is 7.46. The summed E-state index contributed by atoms with van der Waals surface area (Å²) in [6.07, 6.45) is 9.68. The minimum atomic E-state index is 0.0988. The van der Waals surface area contributed by atoms with E-state index >= 15 is 0 Å². The Morgan fingerprint density at radius 1 is 1.35 bits per heavy atom. The van der Waals surface area contributed by atoms with E-state index in [0.29, 0.717) is 11.6 Å². The zero-order valence-corrected chi connectivity index (χ0v) is 14.3. The average molecular weight is 330 g/mol. The molecule has 0 unspecified atom stereocenters. The number of rotatable bonds is 4. The van der Waals surface area contributed by atoms with Crippen LogP contribution >= 0.6 is 11.3 Å². The topological polar surface area (TPSA) is 51.0 Å². The van der Waals surface area contributed by atoms with Gasteiger partial charge in [-0.3, -0.25) is 9.48 Å². The van der Waals surface area contributed by atoms with Crippen molar-refractivity contribution >= 4 is 17.2 Å². The molecule has 0 N–H and O–H groups in total. The number of aryl methyl sites for hydroxylation is 1. The number of nitrogens with zero attached hydrogens (tertiary/aromatic N) is 4. The summed E-state index contributed by atoms with van der Waals surface area (Å²) in [6.45, 7) is 3.65. The van der Waals surface area contributed by atoms with E-state index in [1.807, 2.05) is 34.3 Å². The van der Waals surface area contributed by atoms with Gasteiger partial charge in [-0.25, -0.2) is 4.98 Å². The van der Waals surface area contributed by atoms with Crippen molar-refractivity contribution in [1.82, 2.24) is 19.7 Å². The monoisotopic (exact) mass is 330 g/mol. The summed E-state index contributed by atoms with van der Waals surface area (Å²) in [7, 11) is 0. The number of hydrogen-bond acceptors (Lipinski definition) is 4. The van der Waals surface area contributed by atoms with Gasteiger partial charge in [-0.15, -0.1) is 11.3 Å². The molecule has 1 atom stereocenters.